The van der Waals surface area contributed by atoms with Gasteiger partial charge in [0.25, 0.3) is 5.91 Å². The fourth-order valence-electron chi connectivity index (χ4n) is 1.98. The molecule has 1 unspecified atom stereocenters. The van der Waals surface area contributed by atoms with Crippen LogP contribution in [0.25, 0.3) is 6.08 Å². The van der Waals surface area contributed by atoms with Crippen molar-refractivity contribution in [1.82, 2.24) is 5.48 Å². The summed E-state index contributed by atoms with van der Waals surface area (Å²) < 4.78 is 9.95. The van der Waals surface area contributed by atoms with Crippen LogP contribution in [0.3, 0.4) is 0 Å². The molecule has 0 saturated carbocycles. The van der Waals surface area contributed by atoms with Crippen molar-refractivity contribution >= 4 is 18.0 Å². The molecule has 1 saturated heterocycles. The number of benzene rings is 1. The monoisotopic (exact) mass is 305 g/mol. The lowest BCUT2D eigenvalue weighted by Gasteiger charge is -2.21. The minimum absolute atomic E-state index is 0.369. The van der Waals surface area contributed by atoms with E-state index in [-0.39, 0.29) is 12.2 Å². The van der Waals surface area contributed by atoms with E-state index >= 15 is 0 Å². The molecule has 1 aliphatic heterocycles. The summed E-state index contributed by atoms with van der Waals surface area (Å²) in [4.78, 5) is 28.1. The van der Waals surface area contributed by atoms with Gasteiger partial charge in [-0.25, -0.2) is 15.1 Å². The summed E-state index contributed by atoms with van der Waals surface area (Å²) in [7, 11) is 1.33. The van der Waals surface area contributed by atoms with Gasteiger partial charge in [0, 0.05) is 19.1 Å². The van der Waals surface area contributed by atoms with Crippen LogP contribution in [0.1, 0.15) is 35.2 Å². The highest BCUT2D eigenvalue weighted by molar-refractivity contribution is 5.92. The molecule has 2 rings (SSSR count). The second-order valence-corrected chi connectivity index (χ2v) is 4.83. The Labute approximate surface area is 129 Å². The van der Waals surface area contributed by atoms with Gasteiger partial charge in [0.15, 0.2) is 6.29 Å². The Balaban J connectivity index is 1.80. The summed E-state index contributed by atoms with van der Waals surface area (Å²) in [5.74, 6) is -0.764. The van der Waals surface area contributed by atoms with E-state index in [1.807, 2.05) is 0 Å². The number of carbonyl (C=O) groups is 2. The molecular weight excluding hydrogens is 286 g/mol. The highest BCUT2D eigenvalue weighted by Crippen LogP contribution is 2.12. The van der Waals surface area contributed by atoms with Crippen molar-refractivity contribution in [2.24, 2.45) is 0 Å². The van der Waals surface area contributed by atoms with Gasteiger partial charge in [-0.3, -0.25) is 4.79 Å². The van der Waals surface area contributed by atoms with E-state index in [0.29, 0.717) is 12.2 Å². The minimum atomic E-state index is -0.394. The molecule has 6 nitrogen and oxygen atoms in total. The smallest absolute Gasteiger partial charge is 0.337 e. The van der Waals surface area contributed by atoms with Crippen LogP contribution in [-0.2, 0) is 19.1 Å². The lowest BCUT2D eigenvalue weighted by Crippen LogP contribution is -2.32. The molecule has 1 aromatic rings. The normalized spacial score (nSPS) is 18.1. The molecule has 0 radical (unpaired) electrons. The number of carbonyl (C=O) groups excluding carboxylic acids is 2. The number of nitrogens with one attached hydrogen (secondary N) is 1. The molecule has 1 amide bonds. The van der Waals surface area contributed by atoms with Crippen LogP contribution in [0, 0.1) is 0 Å². The number of hydrogen-bond donors (Lipinski definition) is 1. The van der Waals surface area contributed by atoms with Crippen molar-refractivity contribution in [2.45, 2.75) is 25.6 Å². The first-order valence-electron chi connectivity index (χ1n) is 7.13. The van der Waals surface area contributed by atoms with Gasteiger partial charge < -0.3 is 9.47 Å². The highest BCUT2D eigenvalue weighted by atomic mass is 16.8. The van der Waals surface area contributed by atoms with E-state index in [9.17, 15) is 9.59 Å². The summed E-state index contributed by atoms with van der Waals surface area (Å²) >= 11 is 0. The standard InChI is InChI=1S/C16H19NO5/c1-20-16(19)13-8-5-12(6-9-13)7-10-14(18)17-22-15-4-2-3-11-21-15/h5-10,15H,2-4,11H2,1H3,(H,17,18)/b10-7+. The summed E-state index contributed by atoms with van der Waals surface area (Å²) in [6.45, 7) is 0.656. The van der Waals surface area contributed by atoms with Crippen LogP contribution >= 0.6 is 0 Å². The van der Waals surface area contributed by atoms with Gasteiger partial charge in [0.1, 0.15) is 0 Å². The Morgan fingerprint density at radius 2 is 2.05 bits per heavy atom. The summed E-state index contributed by atoms with van der Waals surface area (Å²) in [6, 6.07) is 6.72. The number of methoxy groups -OCH3 is 1. The predicted octanol–water partition coefficient (Wildman–Crippen LogP) is 2.06. The molecule has 1 aromatic carbocycles. The third kappa shape index (κ3) is 4.98. The first kappa shape index (κ1) is 16.2. The average molecular weight is 305 g/mol. The maximum atomic E-state index is 11.6. The van der Waals surface area contributed by atoms with E-state index in [1.165, 1.54) is 13.2 Å². The van der Waals surface area contributed by atoms with Crippen molar-refractivity contribution in [3.05, 3.63) is 41.5 Å². The van der Waals surface area contributed by atoms with Crippen molar-refractivity contribution in [3.8, 4) is 0 Å². The number of amides is 1. The Hall–Kier alpha value is -2.18. The number of esters is 1. The zero-order valence-electron chi connectivity index (χ0n) is 12.4. The third-order valence-electron chi connectivity index (χ3n) is 3.19. The Morgan fingerprint density at radius 1 is 1.27 bits per heavy atom. The second-order valence-electron chi connectivity index (χ2n) is 4.83. The van der Waals surface area contributed by atoms with E-state index in [2.05, 4.69) is 10.2 Å². The quantitative estimate of drug-likeness (QED) is 0.512. The number of rotatable bonds is 5. The van der Waals surface area contributed by atoms with Gasteiger partial charge in [-0.15, -0.1) is 0 Å². The molecule has 1 atom stereocenters. The molecular formula is C16H19NO5. The van der Waals surface area contributed by atoms with E-state index in [1.54, 1.807) is 30.3 Å². The molecule has 1 heterocycles. The first-order chi connectivity index (χ1) is 10.7. The first-order valence-corrected chi connectivity index (χ1v) is 7.13. The van der Waals surface area contributed by atoms with Crippen LogP contribution < -0.4 is 5.48 Å². The number of hydroxylamine groups is 1. The average Bonchev–Trinajstić information content (AvgIpc) is 2.58. The van der Waals surface area contributed by atoms with Gasteiger partial charge in [-0.1, -0.05) is 12.1 Å². The van der Waals surface area contributed by atoms with Crippen molar-refractivity contribution in [3.63, 3.8) is 0 Å². The Bertz CT molecular complexity index is 532. The van der Waals surface area contributed by atoms with Gasteiger partial charge in [-0.2, -0.15) is 0 Å². The van der Waals surface area contributed by atoms with Gasteiger partial charge in [0.05, 0.1) is 12.7 Å². The van der Waals surface area contributed by atoms with Gasteiger partial charge in [-0.05, 0) is 36.6 Å². The van der Waals surface area contributed by atoms with E-state index in [4.69, 9.17) is 9.57 Å². The maximum absolute atomic E-state index is 11.6. The van der Waals surface area contributed by atoms with Crippen molar-refractivity contribution in [1.29, 1.82) is 0 Å². The van der Waals surface area contributed by atoms with Gasteiger partial charge in [0.2, 0.25) is 0 Å². The summed E-state index contributed by atoms with van der Waals surface area (Å²) in [5.41, 5.74) is 3.59. The van der Waals surface area contributed by atoms with E-state index in [0.717, 1.165) is 24.8 Å². The minimum Gasteiger partial charge on any atom is -0.465 e. The number of ether oxygens (including phenoxy) is 2. The fourth-order valence-corrected chi connectivity index (χ4v) is 1.98. The zero-order valence-corrected chi connectivity index (χ0v) is 12.4. The second kappa shape index (κ2) is 8.31. The molecule has 1 aliphatic rings. The predicted molar refractivity (Wildman–Crippen MR) is 79.6 cm³/mol. The molecule has 1 fully saturated rings. The lowest BCUT2D eigenvalue weighted by molar-refractivity contribution is -0.198. The van der Waals surface area contributed by atoms with Crippen molar-refractivity contribution in [2.75, 3.05) is 13.7 Å². The lowest BCUT2D eigenvalue weighted by atomic mass is 10.1. The fraction of sp³-hybridized carbons (Fsp3) is 0.375. The maximum Gasteiger partial charge on any atom is 0.337 e. The van der Waals surface area contributed by atoms with Crippen LogP contribution in [0.2, 0.25) is 0 Å². The number of hydrogen-bond acceptors (Lipinski definition) is 5. The summed E-state index contributed by atoms with van der Waals surface area (Å²) in [6.07, 6.45) is 5.44. The Morgan fingerprint density at radius 3 is 2.68 bits per heavy atom. The molecule has 118 valence electrons. The molecule has 22 heavy (non-hydrogen) atoms. The van der Waals surface area contributed by atoms with Crippen LogP contribution in [0.4, 0.5) is 0 Å². The highest BCUT2D eigenvalue weighted by Gasteiger charge is 2.14. The van der Waals surface area contributed by atoms with Crippen LogP contribution in [0.15, 0.2) is 30.3 Å². The van der Waals surface area contributed by atoms with E-state index < -0.39 is 5.97 Å². The van der Waals surface area contributed by atoms with Gasteiger partial charge >= 0.3 is 5.97 Å². The molecule has 0 aromatic heterocycles. The Kier molecular flexibility index (Phi) is 6.12. The van der Waals surface area contributed by atoms with Crippen LogP contribution in [0.5, 0.6) is 0 Å². The SMILES string of the molecule is COC(=O)c1ccc(/C=C/C(=O)NOC2CCCCO2)cc1. The molecule has 0 aliphatic carbocycles. The zero-order chi connectivity index (χ0) is 15.8. The van der Waals surface area contributed by atoms with Crippen molar-refractivity contribution < 1.29 is 23.9 Å². The molecule has 1 N–H and O–H groups in total. The summed E-state index contributed by atoms with van der Waals surface area (Å²) in [5, 5.41) is 0. The molecule has 6 heteroatoms. The topological polar surface area (TPSA) is 73.9 Å². The van der Waals surface area contributed by atoms with Crippen LogP contribution in [-0.4, -0.2) is 31.9 Å². The molecule has 0 bridgehead atoms. The largest absolute Gasteiger partial charge is 0.465 e. The molecule has 0 spiro atoms. The third-order valence-corrected chi connectivity index (χ3v) is 3.19.